The SMILES string of the molecule is O=Cc1cccc2c(Br)ccc([N+](=O)[O-])c12. The topological polar surface area (TPSA) is 60.2 Å². The van der Waals surface area contributed by atoms with Gasteiger partial charge < -0.3 is 0 Å². The molecule has 4 nitrogen and oxygen atoms in total. The summed E-state index contributed by atoms with van der Waals surface area (Å²) in [5.74, 6) is 0. The van der Waals surface area contributed by atoms with Crippen LogP contribution in [0.3, 0.4) is 0 Å². The van der Waals surface area contributed by atoms with Crippen molar-refractivity contribution in [3.8, 4) is 0 Å². The molecule has 0 spiro atoms. The van der Waals surface area contributed by atoms with E-state index < -0.39 is 4.92 Å². The van der Waals surface area contributed by atoms with Crippen LogP contribution in [0.2, 0.25) is 0 Å². The second-order valence-electron chi connectivity index (χ2n) is 3.21. The number of carbonyl (C=O) groups excluding carboxylic acids is 1. The minimum absolute atomic E-state index is 0.0547. The number of nitro groups is 1. The summed E-state index contributed by atoms with van der Waals surface area (Å²) in [6.07, 6.45) is 0.627. The third-order valence-electron chi connectivity index (χ3n) is 2.32. The molecule has 0 aromatic heterocycles. The molecule has 2 aromatic carbocycles. The van der Waals surface area contributed by atoms with Crippen molar-refractivity contribution in [3.63, 3.8) is 0 Å². The summed E-state index contributed by atoms with van der Waals surface area (Å²) in [7, 11) is 0. The van der Waals surface area contributed by atoms with Gasteiger partial charge in [0.2, 0.25) is 0 Å². The number of aldehydes is 1. The average molecular weight is 280 g/mol. The number of fused-ring (bicyclic) bond motifs is 1. The molecular weight excluding hydrogens is 274 g/mol. The molecule has 2 aromatic rings. The quantitative estimate of drug-likeness (QED) is 0.481. The number of carbonyl (C=O) groups is 1. The van der Waals surface area contributed by atoms with Crippen molar-refractivity contribution in [2.45, 2.75) is 0 Å². The van der Waals surface area contributed by atoms with Crippen LogP contribution in [0.25, 0.3) is 10.8 Å². The van der Waals surface area contributed by atoms with Crippen LogP contribution >= 0.6 is 15.9 Å². The summed E-state index contributed by atoms with van der Waals surface area (Å²) in [5.41, 5.74) is 0.270. The first-order valence-electron chi connectivity index (χ1n) is 4.46. The molecule has 0 aliphatic rings. The fourth-order valence-electron chi connectivity index (χ4n) is 1.63. The monoisotopic (exact) mass is 279 g/mol. The first-order chi connectivity index (χ1) is 7.65. The van der Waals surface area contributed by atoms with Gasteiger partial charge in [-0.25, -0.2) is 0 Å². The van der Waals surface area contributed by atoms with Crippen LogP contribution in [0.5, 0.6) is 0 Å². The van der Waals surface area contributed by atoms with Gasteiger partial charge in [0.25, 0.3) is 5.69 Å². The molecule has 0 aliphatic heterocycles. The molecule has 80 valence electrons. The molecule has 0 fully saturated rings. The largest absolute Gasteiger partial charge is 0.298 e. The van der Waals surface area contributed by atoms with E-state index in [0.29, 0.717) is 22.6 Å². The first kappa shape index (κ1) is 10.8. The van der Waals surface area contributed by atoms with Crippen LogP contribution in [0.1, 0.15) is 10.4 Å². The predicted octanol–water partition coefficient (Wildman–Crippen LogP) is 3.32. The van der Waals surface area contributed by atoms with Crippen molar-refractivity contribution < 1.29 is 9.72 Å². The number of hydrogen-bond acceptors (Lipinski definition) is 3. The Hall–Kier alpha value is -1.75. The van der Waals surface area contributed by atoms with Crippen molar-refractivity contribution in [1.82, 2.24) is 0 Å². The van der Waals surface area contributed by atoms with Crippen LogP contribution < -0.4 is 0 Å². The highest BCUT2D eigenvalue weighted by atomic mass is 79.9. The van der Waals surface area contributed by atoms with Crippen LogP contribution in [0.15, 0.2) is 34.8 Å². The number of benzene rings is 2. The third kappa shape index (κ3) is 1.59. The Kier molecular flexibility index (Phi) is 2.70. The molecule has 0 radical (unpaired) electrons. The van der Waals surface area contributed by atoms with Crippen molar-refractivity contribution in [2.75, 3.05) is 0 Å². The van der Waals surface area contributed by atoms with Crippen LogP contribution in [-0.4, -0.2) is 11.2 Å². The molecule has 16 heavy (non-hydrogen) atoms. The Morgan fingerprint density at radius 3 is 2.62 bits per heavy atom. The highest BCUT2D eigenvalue weighted by Crippen LogP contribution is 2.33. The summed E-state index contributed by atoms with van der Waals surface area (Å²) >= 11 is 3.30. The average Bonchev–Trinajstić information content (AvgIpc) is 2.28. The standard InChI is InChI=1S/C11H6BrNO3/c12-9-4-5-10(13(15)16)11-7(6-14)2-1-3-8(9)11/h1-6H. The summed E-state index contributed by atoms with van der Waals surface area (Å²) in [6.45, 7) is 0. The third-order valence-corrected chi connectivity index (χ3v) is 3.01. The van der Waals surface area contributed by atoms with Gasteiger partial charge in [-0.05, 0) is 6.07 Å². The van der Waals surface area contributed by atoms with Crippen LogP contribution in [0.4, 0.5) is 5.69 Å². The Morgan fingerprint density at radius 2 is 2.00 bits per heavy atom. The predicted molar refractivity (Wildman–Crippen MR) is 63.7 cm³/mol. The maximum absolute atomic E-state index is 10.9. The zero-order valence-corrected chi connectivity index (χ0v) is 9.60. The van der Waals surface area contributed by atoms with Gasteiger partial charge >= 0.3 is 0 Å². The molecule has 0 saturated carbocycles. The second-order valence-corrected chi connectivity index (χ2v) is 4.07. The molecule has 0 amide bonds. The van der Waals surface area contributed by atoms with Gasteiger partial charge in [-0.15, -0.1) is 0 Å². The van der Waals surface area contributed by atoms with E-state index in [1.54, 1.807) is 24.3 Å². The lowest BCUT2D eigenvalue weighted by molar-refractivity contribution is -0.383. The van der Waals surface area contributed by atoms with Crippen LogP contribution in [0, 0.1) is 10.1 Å². The van der Waals surface area contributed by atoms with E-state index in [2.05, 4.69) is 15.9 Å². The zero-order valence-electron chi connectivity index (χ0n) is 8.01. The minimum Gasteiger partial charge on any atom is -0.298 e. The molecule has 0 atom stereocenters. The highest BCUT2D eigenvalue weighted by Gasteiger charge is 2.16. The number of nitro benzene ring substituents is 1. The summed E-state index contributed by atoms with van der Waals surface area (Å²) in [4.78, 5) is 21.3. The maximum Gasteiger partial charge on any atom is 0.277 e. The van der Waals surface area contributed by atoms with Gasteiger partial charge in [-0.3, -0.25) is 14.9 Å². The van der Waals surface area contributed by atoms with Crippen molar-refractivity contribution in [2.24, 2.45) is 0 Å². The van der Waals surface area contributed by atoms with Gasteiger partial charge in [0.15, 0.2) is 6.29 Å². The Balaban J connectivity index is 2.99. The Morgan fingerprint density at radius 1 is 1.25 bits per heavy atom. The zero-order chi connectivity index (χ0) is 11.7. The Labute approximate surface area is 99.2 Å². The number of halogens is 1. The smallest absolute Gasteiger partial charge is 0.277 e. The molecule has 0 aliphatic carbocycles. The van der Waals surface area contributed by atoms with Crippen molar-refractivity contribution >= 4 is 38.7 Å². The lowest BCUT2D eigenvalue weighted by Gasteiger charge is -2.03. The van der Waals surface area contributed by atoms with E-state index in [1.165, 1.54) is 6.07 Å². The summed E-state index contributed by atoms with van der Waals surface area (Å²) in [5, 5.41) is 11.9. The second kappa shape index (κ2) is 4.02. The summed E-state index contributed by atoms with van der Waals surface area (Å²) < 4.78 is 0.733. The van der Waals surface area contributed by atoms with Crippen LogP contribution in [-0.2, 0) is 0 Å². The van der Waals surface area contributed by atoms with Gasteiger partial charge in [0.05, 0.1) is 10.3 Å². The van der Waals surface area contributed by atoms with Gasteiger partial charge in [0.1, 0.15) is 0 Å². The number of nitrogens with zero attached hydrogens (tertiary/aromatic N) is 1. The lowest BCUT2D eigenvalue weighted by atomic mass is 10.0. The molecule has 0 heterocycles. The normalized spacial score (nSPS) is 10.3. The first-order valence-corrected chi connectivity index (χ1v) is 5.25. The van der Waals surface area contributed by atoms with Crippen molar-refractivity contribution in [1.29, 1.82) is 0 Å². The van der Waals surface area contributed by atoms with E-state index in [4.69, 9.17) is 0 Å². The van der Waals surface area contributed by atoms with E-state index in [1.807, 2.05) is 0 Å². The molecule has 0 bridgehead atoms. The maximum atomic E-state index is 10.9. The van der Waals surface area contributed by atoms with E-state index in [0.717, 1.165) is 4.47 Å². The molecule has 0 N–H and O–H groups in total. The molecule has 5 heteroatoms. The molecule has 0 unspecified atom stereocenters. The van der Waals surface area contributed by atoms with E-state index in [-0.39, 0.29) is 5.69 Å². The van der Waals surface area contributed by atoms with Gasteiger partial charge in [-0.2, -0.15) is 0 Å². The van der Waals surface area contributed by atoms with E-state index >= 15 is 0 Å². The molecule has 0 saturated heterocycles. The number of non-ortho nitro benzene ring substituents is 1. The lowest BCUT2D eigenvalue weighted by Crippen LogP contribution is -1.93. The van der Waals surface area contributed by atoms with E-state index in [9.17, 15) is 14.9 Å². The fourth-order valence-corrected chi connectivity index (χ4v) is 2.09. The van der Waals surface area contributed by atoms with Gasteiger partial charge in [0, 0.05) is 21.5 Å². The summed E-state index contributed by atoms with van der Waals surface area (Å²) in [6, 6.07) is 7.99. The fraction of sp³-hybridized carbons (Fsp3) is 0. The minimum atomic E-state index is -0.484. The molecule has 2 rings (SSSR count). The Bertz CT molecular complexity index is 595. The molecular formula is C11H6BrNO3. The van der Waals surface area contributed by atoms with Crippen molar-refractivity contribution in [3.05, 3.63) is 50.5 Å². The highest BCUT2D eigenvalue weighted by molar-refractivity contribution is 9.10. The number of hydrogen-bond donors (Lipinski definition) is 0. The van der Waals surface area contributed by atoms with Gasteiger partial charge in [-0.1, -0.05) is 34.1 Å². The number of rotatable bonds is 2.